The molecule has 24 heavy (non-hydrogen) atoms. The van der Waals surface area contributed by atoms with Gasteiger partial charge in [0.2, 0.25) is 0 Å². The SMILES string of the molecule is Br.C[C@H]1[C@@H]2Cc3ccc(O)cc3[C@]1(C)CCN2Cc1ccccc1. The number of likely N-dealkylation sites (tertiary alicyclic amines) is 1. The second-order valence-corrected chi connectivity index (χ2v) is 7.53. The number of piperidine rings is 1. The molecule has 0 spiro atoms. The highest BCUT2D eigenvalue weighted by Gasteiger charge is 2.48. The second kappa shape index (κ2) is 6.53. The van der Waals surface area contributed by atoms with Crippen LogP contribution in [-0.4, -0.2) is 22.6 Å². The number of rotatable bonds is 2. The monoisotopic (exact) mass is 387 g/mol. The van der Waals surface area contributed by atoms with Crippen LogP contribution in [0.2, 0.25) is 0 Å². The summed E-state index contributed by atoms with van der Waals surface area (Å²) in [5.74, 6) is 1.01. The number of halogens is 1. The summed E-state index contributed by atoms with van der Waals surface area (Å²) in [6.45, 7) is 6.96. The minimum absolute atomic E-state index is 0. The van der Waals surface area contributed by atoms with Crippen molar-refractivity contribution in [1.29, 1.82) is 0 Å². The van der Waals surface area contributed by atoms with Crippen LogP contribution in [0.4, 0.5) is 0 Å². The van der Waals surface area contributed by atoms with Crippen molar-refractivity contribution in [2.45, 2.75) is 44.7 Å². The van der Waals surface area contributed by atoms with Crippen LogP contribution in [0.25, 0.3) is 0 Å². The number of phenols is 1. The summed E-state index contributed by atoms with van der Waals surface area (Å²) in [7, 11) is 0. The minimum atomic E-state index is 0. The molecule has 3 heteroatoms. The van der Waals surface area contributed by atoms with E-state index in [4.69, 9.17) is 0 Å². The largest absolute Gasteiger partial charge is 0.508 e. The molecule has 2 nitrogen and oxygen atoms in total. The van der Waals surface area contributed by atoms with Crippen LogP contribution in [0.15, 0.2) is 48.5 Å². The third-order valence-corrected chi connectivity index (χ3v) is 6.34. The fourth-order valence-corrected chi connectivity index (χ4v) is 4.71. The van der Waals surface area contributed by atoms with E-state index in [-0.39, 0.29) is 22.4 Å². The molecule has 3 atom stereocenters. The molecule has 2 aliphatic rings. The fraction of sp³-hybridized carbons (Fsp3) is 0.429. The molecule has 0 unspecified atom stereocenters. The van der Waals surface area contributed by atoms with E-state index in [1.54, 1.807) is 0 Å². The number of fused-ring (bicyclic) bond motifs is 4. The fourth-order valence-electron chi connectivity index (χ4n) is 4.71. The highest BCUT2D eigenvalue weighted by molar-refractivity contribution is 8.93. The Morgan fingerprint density at radius 3 is 2.67 bits per heavy atom. The van der Waals surface area contributed by atoms with Crippen molar-refractivity contribution in [2.75, 3.05) is 6.54 Å². The van der Waals surface area contributed by atoms with Gasteiger partial charge in [-0.25, -0.2) is 0 Å². The molecule has 2 bridgehead atoms. The van der Waals surface area contributed by atoms with Gasteiger partial charge in [0.05, 0.1) is 0 Å². The minimum Gasteiger partial charge on any atom is -0.508 e. The molecule has 0 amide bonds. The van der Waals surface area contributed by atoms with E-state index in [0.717, 1.165) is 25.9 Å². The zero-order chi connectivity index (χ0) is 16.0. The number of hydrogen-bond donors (Lipinski definition) is 1. The van der Waals surface area contributed by atoms with E-state index in [9.17, 15) is 5.11 Å². The number of nitrogens with zero attached hydrogens (tertiary/aromatic N) is 1. The Hall–Kier alpha value is -1.32. The number of benzene rings is 2. The molecule has 1 saturated heterocycles. The van der Waals surface area contributed by atoms with Gasteiger partial charge in [-0.15, -0.1) is 17.0 Å². The van der Waals surface area contributed by atoms with E-state index < -0.39 is 0 Å². The number of phenolic OH excluding ortho intramolecular Hbond substituents is 1. The van der Waals surface area contributed by atoms with Crippen molar-refractivity contribution < 1.29 is 5.11 Å². The highest BCUT2D eigenvalue weighted by Crippen LogP contribution is 2.49. The Kier molecular flexibility index (Phi) is 4.76. The van der Waals surface area contributed by atoms with Crippen molar-refractivity contribution >= 4 is 17.0 Å². The van der Waals surface area contributed by atoms with Crippen LogP contribution in [0, 0.1) is 5.92 Å². The zero-order valence-electron chi connectivity index (χ0n) is 14.4. The smallest absolute Gasteiger partial charge is 0.115 e. The van der Waals surface area contributed by atoms with Crippen LogP contribution in [0.3, 0.4) is 0 Å². The number of aromatic hydroxyl groups is 1. The average molecular weight is 388 g/mol. The Balaban J connectivity index is 0.00000169. The molecular weight excluding hydrogens is 362 g/mol. The summed E-state index contributed by atoms with van der Waals surface area (Å²) in [5.41, 5.74) is 4.39. The van der Waals surface area contributed by atoms with Crippen molar-refractivity contribution in [3.63, 3.8) is 0 Å². The van der Waals surface area contributed by atoms with Crippen LogP contribution >= 0.6 is 17.0 Å². The second-order valence-electron chi connectivity index (χ2n) is 7.53. The first-order valence-corrected chi connectivity index (χ1v) is 8.68. The molecule has 1 heterocycles. The summed E-state index contributed by atoms with van der Waals surface area (Å²) in [4.78, 5) is 2.66. The van der Waals surface area contributed by atoms with Gasteiger partial charge in [0, 0.05) is 12.6 Å². The molecule has 1 fully saturated rings. The van der Waals surface area contributed by atoms with Crippen molar-refractivity contribution in [3.8, 4) is 5.75 Å². The summed E-state index contributed by atoms with van der Waals surface area (Å²) in [5, 5.41) is 9.92. The maximum absolute atomic E-state index is 9.92. The van der Waals surface area contributed by atoms with E-state index >= 15 is 0 Å². The molecule has 1 aliphatic carbocycles. The summed E-state index contributed by atoms with van der Waals surface area (Å²) in [6, 6.07) is 17.4. The van der Waals surface area contributed by atoms with Gasteiger partial charge in [0.25, 0.3) is 0 Å². The topological polar surface area (TPSA) is 23.5 Å². The van der Waals surface area contributed by atoms with Gasteiger partial charge in [-0.05, 0) is 59.5 Å². The van der Waals surface area contributed by atoms with Gasteiger partial charge in [0.1, 0.15) is 5.75 Å². The summed E-state index contributed by atoms with van der Waals surface area (Å²) in [6.07, 6.45) is 2.26. The van der Waals surface area contributed by atoms with Crippen LogP contribution in [0.1, 0.15) is 37.0 Å². The quantitative estimate of drug-likeness (QED) is 0.807. The van der Waals surface area contributed by atoms with Gasteiger partial charge < -0.3 is 5.11 Å². The molecule has 2 aromatic rings. The van der Waals surface area contributed by atoms with Crippen LogP contribution in [-0.2, 0) is 18.4 Å². The Labute approximate surface area is 155 Å². The van der Waals surface area contributed by atoms with Crippen molar-refractivity contribution in [1.82, 2.24) is 4.90 Å². The predicted octanol–water partition coefficient (Wildman–Crippen LogP) is 4.69. The third-order valence-electron chi connectivity index (χ3n) is 6.34. The van der Waals surface area contributed by atoms with Gasteiger partial charge >= 0.3 is 0 Å². The van der Waals surface area contributed by atoms with E-state index in [2.05, 4.69) is 55.1 Å². The third kappa shape index (κ3) is 2.78. The molecule has 128 valence electrons. The van der Waals surface area contributed by atoms with E-state index in [1.165, 1.54) is 16.7 Å². The van der Waals surface area contributed by atoms with Gasteiger partial charge in [0.15, 0.2) is 0 Å². The lowest BCUT2D eigenvalue weighted by molar-refractivity contribution is 0.0258. The molecule has 0 aromatic heterocycles. The Morgan fingerprint density at radius 1 is 1.17 bits per heavy atom. The standard InChI is InChI=1S/C21H25NO.BrH/c1-15-20-12-17-8-9-18(23)13-19(17)21(15,2)10-11-22(20)14-16-6-4-3-5-7-16;/h3-9,13,15,20,23H,10-12,14H2,1-2H3;1H/t15-,20-,21+;/m0./s1. The van der Waals surface area contributed by atoms with Crippen molar-refractivity contribution in [2.24, 2.45) is 5.92 Å². The summed E-state index contributed by atoms with van der Waals surface area (Å²) >= 11 is 0. The van der Waals surface area contributed by atoms with Gasteiger partial charge in [-0.1, -0.05) is 50.2 Å². The normalized spacial score (nSPS) is 28.8. The Morgan fingerprint density at radius 2 is 1.92 bits per heavy atom. The summed E-state index contributed by atoms with van der Waals surface area (Å²) < 4.78 is 0. The molecule has 1 N–H and O–H groups in total. The van der Waals surface area contributed by atoms with Crippen LogP contribution in [0.5, 0.6) is 5.75 Å². The van der Waals surface area contributed by atoms with Gasteiger partial charge in [-0.2, -0.15) is 0 Å². The molecule has 0 radical (unpaired) electrons. The van der Waals surface area contributed by atoms with E-state index in [0.29, 0.717) is 17.7 Å². The lowest BCUT2D eigenvalue weighted by Crippen LogP contribution is -2.57. The average Bonchev–Trinajstić information content (AvgIpc) is 2.55. The molecule has 4 rings (SSSR count). The molecule has 0 saturated carbocycles. The zero-order valence-corrected chi connectivity index (χ0v) is 16.1. The predicted molar refractivity (Wildman–Crippen MR) is 104 cm³/mol. The first-order chi connectivity index (χ1) is 11.1. The maximum atomic E-state index is 9.92. The van der Waals surface area contributed by atoms with Gasteiger partial charge in [-0.3, -0.25) is 4.90 Å². The molecule has 1 aliphatic heterocycles. The molecule has 2 aromatic carbocycles. The lowest BCUT2D eigenvalue weighted by atomic mass is 9.59. The Bertz CT molecular complexity index is 717. The van der Waals surface area contributed by atoms with Crippen molar-refractivity contribution in [3.05, 3.63) is 65.2 Å². The first-order valence-electron chi connectivity index (χ1n) is 8.68. The van der Waals surface area contributed by atoms with Crippen LogP contribution < -0.4 is 0 Å². The lowest BCUT2D eigenvalue weighted by Gasteiger charge is -2.54. The first kappa shape index (κ1) is 17.5. The molecular formula is C21H26BrNO. The van der Waals surface area contributed by atoms with E-state index in [1.807, 2.05) is 12.1 Å². The highest BCUT2D eigenvalue weighted by atomic mass is 79.9. The maximum Gasteiger partial charge on any atom is 0.115 e. The number of hydrogen-bond acceptors (Lipinski definition) is 2.